The van der Waals surface area contributed by atoms with Gasteiger partial charge in [-0.1, -0.05) is 0 Å². The molecule has 0 unspecified atom stereocenters. The van der Waals surface area contributed by atoms with Crippen molar-refractivity contribution in [3.05, 3.63) is 52.3 Å². The molecular weight excluding hydrogens is 292 g/mol. The number of nitrogens with one attached hydrogen (secondary N) is 1. The van der Waals surface area contributed by atoms with Gasteiger partial charge in [-0.3, -0.25) is 14.9 Å². The number of methoxy groups -OCH3 is 1. The minimum atomic E-state index is -0.705. The van der Waals surface area contributed by atoms with Crippen LogP contribution < -0.4 is 14.8 Å². The smallest absolute Gasteiger partial charge is 0.433 e. The van der Waals surface area contributed by atoms with Crippen molar-refractivity contribution in [2.24, 2.45) is 0 Å². The van der Waals surface area contributed by atoms with Gasteiger partial charge in [0.2, 0.25) is 0 Å². The molecule has 1 N–H and O–H groups in total. The van der Waals surface area contributed by atoms with Crippen LogP contribution in [0.25, 0.3) is 0 Å². The lowest BCUT2D eigenvalue weighted by Gasteiger charge is -2.07. The number of carbonyl (C=O) groups is 1. The van der Waals surface area contributed by atoms with Gasteiger partial charge in [0.15, 0.2) is 5.76 Å². The topological polar surface area (TPSA) is 104 Å². The summed E-state index contributed by atoms with van der Waals surface area (Å²) in [5.41, 5.74) is 0. The van der Waals surface area contributed by atoms with Gasteiger partial charge >= 0.3 is 5.88 Å². The van der Waals surface area contributed by atoms with Crippen LogP contribution in [-0.4, -0.2) is 31.1 Å². The van der Waals surface area contributed by atoms with Crippen molar-refractivity contribution in [2.45, 2.75) is 0 Å². The fourth-order valence-electron chi connectivity index (χ4n) is 1.64. The van der Waals surface area contributed by atoms with E-state index in [0.29, 0.717) is 5.75 Å². The van der Waals surface area contributed by atoms with Crippen LogP contribution >= 0.6 is 0 Å². The van der Waals surface area contributed by atoms with E-state index in [9.17, 15) is 14.9 Å². The molecule has 1 aromatic heterocycles. The molecule has 1 amide bonds. The molecule has 0 aliphatic carbocycles. The average Bonchev–Trinajstić information content (AvgIpc) is 3.02. The van der Waals surface area contributed by atoms with E-state index in [1.807, 2.05) is 0 Å². The van der Waals surface area contributed by atoms with Gasteiger partial charge < -0.3 is 19.2 Å². The zero-order chi connectivity index (χ0) is 15.9. The molecule has 0 atom stereocenters. The maximum Gasteiger partial charge on any atom is 0.433 e. The van der Waals surface area contributed by atoms with Crippen LogP contribution in [0.5, 0.6) is 11.5 Å². The average molecular weight is 306 g/mol. The van der Waals surface area contributed by atoms with E-state index >= 15 is 0 Å². The summed E-state index contributed by atoms with van der Waals surface area (Å²) < 4.78 is 15.2. The number of nitrogens with zero attached hydrogens (tertiary/aromatic N) is 1. The molecule has 1 heterocycles. The standard InChI is InChI=1S/C14H14N2O6/c1-20-10-2-4-11(5-3-10)21-9-8-15-14(17)12-6-7-13(22-12)16(18)19/h2-7H,8-9H2,1H3,(H,15,17). The molecule has 0 aliphatic heterocycles. The van der Waals surface area contributed by atoms with Crippen molar-refractivity contribution >= 4 is 11.8 Å². The number of furan rings is 1. The quantitative estimate of drug-likeness (QED) is 0.476. The number of hydrogen-bond donors (Lipinski definition) is 1. The SMILES string of the molecule is COc1ccc(OCCNC(=O)c2ccc([N+](=O)[O-])o2)cc1. The van der Waals surface area contributed by atoms with E-state index < -0.39 is 16.7 Å². The molecular formula is C14H14N2O6. The maximum atomic E-state index is 11.7. The van der Waals surface area contributed by atoms with Gasteiger partial charge in [-0.05, 0) is 30.3 Å². The first-order valence-corrected chi connectivity index (χ1v) is 6.39. The van der Waals surface area contributed by atoms with E-state index in [-0.39, 0.29) is 18.9 Å². The molecule has 1 aromatic carbocycles. The van der Waals surface area contributed by atoms with Crippen LogP contribution in [0, 0.1) is 10.1 Å². The van der Waals surface area contributed by atoms with Crippen LogP contribution in [0.15, 0.2) is 40.8 Å². The molecule has 0 saturated carbocycles. The molecule has 116 valence electrons. The highest BCUT2D eigenvalue weighted by Gasteiger charge is 2.16. The Hall–Kier alpha value is -3.03. The number of nitro groups is 1. The second kappa shape index (κ2) is 7.11. The second-order valence-corrected chi connectivity index (χ2v) is 4.17. The number of hydrogen-bond acceptors (Lipinski definition) is 6. The van der Waals surface area contributed by atoms with Crippen molar-refractivity contribution in [1.82, 2.24) is 5.32 Å². The Balaban J connectivity index is 1.75. The number of ether oxygens (including phenoxy) is 2. The Morgan fingerprint density at radius 2 is 1.91 bits per heavy atom. The number of benzene rings is 1. The summed E-state index contributed by atoms with van der Waals surface area (Å²) >= 11 is 0. The molecule has 8 heteroatoms. The van der Waals surface area contributed by atoms with Gasteiger partial charge in [-0.2, -0.15) is 0 Å². The van der Waals surface area contributed by atoms with Crippen LogP contribution in [0.2, 0.25) is 0 Å². The molecule has 0 saturated heterocycles. The van der Waals surface area contributed by atoms with E-state index in [1.54, 1.807) is 31.4 Å². The molecule has 2 rings (SSSR count). The third-order valence-electron chi connectivity index (χ3n) is 2.71. The Kier molecular flexibility index (Phi) is 4.97. The lowest BCUT2D eigenvalue weighted by Crippen LogP contribution is -2.27. The van der Waals surface area contributed by atoms with Gasteiger partial charge in [0.05, 0.1) is 19.7 Å². The first-order chi connectivity index (χ1) is 10.6. The third-order valence-corrected chi connectivity index (χ3v) is 2.71. The van der Waals surface area contributed by atoms with Gasteiger partial charge in [0.1, 0.15) is 23.0 Å². The summed E-state index contributed by atoms with van der Waals surface area (Å²) in [4.78, 5) is 21.4. The molecule has 2 aromatic rings. The van der Waals surface area contributed by atoms with Crippen LogP contribution in [0.1, 0.15) is 10.6 Å². The Bertz CT molecular complexity index is 650. The van der Waals surface area contributed by atoms with Gasteiger partial charge in [0.25, 0.3) is 5.91 Å². The molecule has 0 bridgehead atoms. The maximum absolute atomic E-state index is 11.7. The highest BCUT2D eigenvalue weighted by molar-refractivity contribution is 5.91. The molecule has 0 spiro atoms. The predicted molar refractivity (Wildman–Crippen MR) is 76.2 cm³/mol. The van der Waals surface area contributed by atoms with Crippen molar-refractivity contribution in [3.63, 3.8) is 0 Å². The molecule has 0 radical (unpaired) electrons. The largest absolute Gasteiger partial charge is 0.497 e. The summed E-state index contributed by atoms with van der Waals surface area (Å²) in [6.07, 6.45) is 0. The lowest BCUT2D eigenvalue weighted by molar-refractivity contribution is -0.402. The number of rotatable bonds is 7. The van der Waals surface area contributed by atoms with Crippen molar-refractivity contribution in [2.75, 3.05) is 20.3 Å². The lowest BCUT2D eigenvalue weighted by atomic mass is 10.3. The van der Waals surface area contributed by atoms with Crippen molar-refractivity contribution in [1.29, 1.82) is 0 Å². The molecule has 8 nitrogen and oxygen atoms in total. The monoisotopic (exact) mass is 306 g/mol. The second-order valence-electron chi connectivity index (χ2n) is 4.17. The van der Waals surface area contributed by atoms with E-state index in [2.05, 4.69) is 5.32 Å². The molecule has 0 aliphatic rings. The zero-order valence-electron chi connectivity index (χ0n) is 11.8. The summed E-state index contributed by atoms with van der Waals surface area (Å²) in [7, 11) is 1.57. The van der Waals surface area contributed by atoms with Crippen LogP contribution in [0.3, 0.4) is 0 Å². The number of amides is 1. The van der Waals surface area contributed by atoms with Crippen LogP contribution in [0.4, 0.5) is 5.88 Å². The van der Waals surface area contributed by atoms with E-state index in [4.69, 9.17) is 13.9 Å². The Morgan fingerprint density at radius 3 is 2.50 bits per heavy atom. The summed E-state index contributed by atoms with van der Waals surface area (Å²) in [5, 5.41) is 13.0. The van der Waals surface area contributed by atoms with E-state index in [1.165, 1.54) is 6.07 Å². The molecule has 22 heavy (non-hydrogen) atoms. The molecule has 0 fully saturated rings. The Labute approximate surface area is 125 Å². The van der Waals surface area contributed by atoms with Crippen molar-refractivity contribution in [3.8, 4) is 11.5 Å². The first kappa shape index (κ1) is 15.4. The van der Waals surface area contributed by atoms with Gasteiger partial charge in [0, 0.05) is 0 Å². The first-order valence-electron chi connectivity index (χ1n) is 6.39. The fraction of sp³-hybridized carbons (Fsp3) is 0.214. The van der Waals surface area contributed by atoms with Gasteiger partial charge in [-0.25, -0.2) is 0 Å². The van der Waals surface area contributed by atoms with E-state index in [0.717, 1.165) is 11.8 Å². The van der Waals surface area contributed by atoms with Gasteiger partial charge in [-0.15, -0.1) is 0 Å². The zero-order valence-corrected chi connectivity index (χ0v) is 11.8. The minimum absolute atomic E-state index is 0.115. The summed E-state index contributed by atoms with van der Waals surface area (Å²) in [6.45, 7) is 0.486. The highest BCUT2D eigenvalue weighted by atomic mass is 16.6. The fourth-order valence-corrected chi connectivity index (χ4v) is 1.64. The minimum Gasteiger partial charge on any atom is -0.497 e. The van der Waals surface area contributed by atoms with Crippen molar-refractivity contribution < 1.29 is 23.6 Å². The number of carbonyl (C=O) groups excluding carboxylic acids is 1. The summed E-state index contributed by atoms with van der Waals surface area (Å²) in [5.74, 6) is 0.242. The highest BCUT2D eigenvalue weighted by Crippen LogP contribution is 2.17. The predicted octanol–water partition coefficient (Wildman–Crippen LogP) is 2.01. The Morgan fingerprint density at radius 1 is 1.23 bits per heavy atom. The normalized spacial score (nSPS) is 10.0. The summed E-state index contributed by atoms with van der Waals surface area (Å²) in [6, 6.07) is 9.39. The van der Waals surface area contributed by atoms with Crippen LogP contribution in [-0.2, 0) is 0 Å². The third kappa shape index (κ3) is 3.98.